The number of carbonyl (C=O) groups is 1. The van der Waals surface area contributed by atoms with Crippen molar-refractivity contribution in [3.63, 3.8) is 0 Å². The zero-order valence-corrected chi connectivity index (χ0v) is 23.7. The van der Waals surface area contributed by atoms with Crippen LogP contribution in [0.3, 0.4) is 0 Å². The number of hydrogen-bond donors (Lipinski definition) is 2. The fraction of sp³-hybridized carbons (Fsp3) is 0.231. The van der Waals surface area contributed by atoms with Crippen LogP contribution in [0.4, 0.5) is 10.8 Å². The summed E-state index contributed by atoms with van der Waals surface area (Å²) in [6, 6.07) is 14.2. The minimum absolute atomic E-state index is 0.0504. The molecule has 0 aliphatic carbocycles. The van der Waals surface area contributed by atoms with E-state index in [0.29, 0.717) is 23.2 Å². The molecule has 1 amide bonds. The number of carbonyl (C=O) groups excluding carboxylic acids is 1. The third kappa shape index (κ3) is 6.69. The minimum Gasteiger partial charge on any atom is -0.325 e. The summed E-state index contributed by atoms with van der Waals surface area (Å²) in [4.78, 5) is 16.6. The first-order valence-corrected chi connectivity index (χ1v) is 15.0. The molecule has 0 bridgehead atoms. The van der Waals surface area contributed by atoms with E-state index in [1.807, 2.05) is 16.7 Å². The maximum atomic E-state index is 12.6. The molecule has 0 saturated carbocycles. The van der Waals surface area contributed by atoms with Crippen molar-refractivity contribution in [3.05, 3.63) is 78.3 Å². The summed E-state index contributed by atoms with van der Waals surface area (Å²) in [5.74, 6) is 0.552. The first-order chi connectivity index (χ1) is 18.1. The zero-order chi connectivity index (χ0) is 27.3. The van der Waals surface area contributed by atoms with Gasteiger partial charge in [-0.25, -0.2) is 13.4 Å². The van der Waals surface area contributed by atoms with Crippen LogP contribution in [0.15, 0.2) is 82.8 Å². The summed E-state index contributed by atoms with van der Waals surface area (Å²) < 4.78 is 29.3. The van der Waals surface area contributed by atoms with E-state index in [-0.39, 0.29) is 27.1 Å². The Kier molecular flexibility index (Phi) is 8.34. The van der Waals surface area contributed by atoms with Gasteiger partial charge in [0.05, 0.1) is 10.6 Å². The van der Waals surface area contributed by atoms with Crippen LogP contribution in [0.5, 0.6) is 0 Å². The van der Waals surface area contributed by atoms with Crippen LogP contribution in [0.25, 0.3) is 11.4 Å². The van der Waals surface area contributed by atoms with Crippen LogP contribution in [0.1, 0.15) is 26.3 Å². The van der Waals surface area contributed by atoms with E-state index in [2.05, 4.69) is 64.7 Å². The lowest BCUT2D eigenvalue weighted by Crippen LogP contribution is -2.15. The van der Waals surface area contributed by atoms with Crippen molar-refractivity contribution in [3.8, 4) is 11.4 Å². The summed E-state index contributed by atoms with van der Waals surface area (Å²) in [6.45, 7) is 10.8. The first kappa shape index (κ1) is 27.6. The molecule has 9 nitrogen and oxygen atoms in total. The molecule has 198 valence electrons. The maximum absolute atomic E-state index is 12.6. The fourth-order valence-corrected chi connectivity index (χ4v) is 6.05. The average molecular weight is 569 g/mol. The Morgan fingerprint density at radius 1 is 1.11 bits per heavy atom. The van der Waals surface area contributed by atoms with Crippen molar-refractivity contribution in [1.29, 1.82) is 0 Å². The van der Waals surface area contributed by atoms with Crippen LogP contribution in [-0.2, 0) is 26.8 Å². The highest BCUT2D eigenvalue weighted by Gasteiger charge is 2.18. The van der Waals surface area contributed by atoms with Crippen LogP contribution < -0.4 is 10.0 Å². The Hall–Kier alpha value is -3.48. The predicted molar refractivity (Wildman–Crippen MR) is 153 cm³/mol. The first-order valence-electron chi connectivity index (χ1n) is 11.7. The SMILES string of the molecule is C=CCn1c(SCC(=O)Nc2ccc(S(=O)(=O)Nc3nccs3)cc2)nnc1-c1ccc(C(C)(C)C)cc1. The zero-order valence-electron chi connectivity index (χ0n) is 21.2. The summed E-state index contributed by atoms with van der Waals surface area (Å²) in [6.07, 6.45) is 3.28. The molecule has 0 unspecified atom stereocenters. The van der Waals surface area contributed by atoms with E-state index >= 15 is 0 Å². The lowest BCUT2D eigenvalue weighted by Gasteiger charge is -2.19. The van der Waals surface area contributed by atoms with Gasteiger partial charge in [0.2, 0.25) is 5.91 Å². The van der Waals surface area contributed by atoms with Gasteiger partial charge in [-0.3, -0.25) is 14.1 Å². The van der Waals surface area contributed by atoms with E-state index in [0.717, 1.165) is 5.56 Å². The van der Waals surface area contributed by atoms with Crippen molar-refractivity contribution in [2.24, 2.45) is 0 Å². The van der Waals surface area contributed by atoms with Gasteiger partial charge in [-0.1, -0.05) is 62.9 Å². The maximum Gasteiger partial charge on any atom is 0.263 e. The molecule has 2 aromatic carbocycles. The van der Waals surface area contributed by atoms with E-state index < -0.39 is 10.0 Å². The Labute approximate surface area is 230 Å². The Morgan fingerprint density at radius 2 is 1.82 bits per heavy atom. The van der Waals surface area contributed by atoms with Gasteiger partial charge in [-0.2, -0.15) is 0 Å². The van der Waals surface area contributed by atoms with Gasteiger partial charge in [0, 0.05) is 29.4 Å². The van der Waals surface area contributed by atoms with Gasteiger partial charge in [0.1, 0.15) is 0 Å². The van der Waals surface area contributed by atoms with Gasteiger partial charge in [-0.15, -0.1) is 28.1 Å². The van der Waals surface area contributed by atoms with Crippen LogP contribution in [0, 0.1) is 0 Å². The molecule has 0 spiro atoms. The number of allylic oxidation sites excluding steroid dienone is 1. The number of benzene rings is 2. The number of hydrogen-bond acceptors (Lipinski definition) is 8. The number of sulfonamides is 1. The van der Waals surface area contributed by atoms with Gasteiger partial charge in [-0.05, 0) is 35.2 Å². The number of nitrogens with zero attached hydrogens (tertiary/aromatic N) is 4. The van der Waals surface area contributed by atoms with Crippen molar-refractivity contribution in [2.45, 2.75) is 42.8 Å². The highest BCUT2D eigenvalue weighted by molar-refractivity contribution is 7.99. The summed E-state index contributed by atoms with van der Waals surface area (Å²) >= 11 is 2.45. The summed E-state index contributed by atoms with van der Waals surface area (Å²) in [7, 11) is -3.76. The van der Waals surface area contributed by atoms with Crippen molar-refractivity contribution >= 4 is 49.8 Å². The molecule has 0 radical (unpaired) electrons. The molecule has 2 N–H and O–H groups in total. The smallest absolute Gasteiger partial charge is 0.263 e. The van der Waals surface area contributed by atoms with Crippen LogP contribution >= 0.6 is 23.1 Å². The molecule has 4 rings (SSSR count). The second-order valence-electron chi connectivity index (χ2n) is 9.34. The highest BCUT2D eigenvalue weighted by atomic mass is 32.2. The standard InChI is InChI=1S/C26H28N6O3S3/c1-5-15-32-23(18-6-8-19(9-7-18)26(2,3)4)29-30-25(32)37-17-22(33)28-20-10-12-21(13-11-20)38(34,35)31-24-27-14-16-36-24/h5-14,16H,1,15,17H2,2-4H3,(H,27,31)(H,28,33). The van der Waals surface area contributed by atoms with E-state index in [4.69, 9.17) is 0 Å². The summed E-state index contributed by atoms with van der Waals surface area (Å²) in [5, 5.41) is 14.0. The number of rotatable bonds is 10. The number of thiazole rings is 1. The average Bonchev–Trinajstić information content (AvgIpc) is 3.52. The lowest BCUT2D eigenvalue weighted by atomic mass is 9.87. The lowest BCUT2D eigenvalue weighted by molar-refractivity contribution is -0.113. The molecule has 12 heteroatoms. The number of aromatic nitrogens is 4. The summed E-state index contributed by atoms with van der Waals surface area (Å²) in [5.41, 5.74) is 2.69. The monoisotopic (exact) mass is 568 g/mol. The fourth-order valence-electron chi connectivity index (χ4n) is 3.51. The molecule has 4 aromatic rings. The Bertz CT molecular complexity index is 1510. The molecule has 2 aromatic heterocycles. The highest BCUT2D eigenvalue weighted by Crippen LogP contribution is 2.28. The molecule has 0 atom stereocenters. The van der Waals surface area contributed by atoms with Crippen LogP contribution in [-0.4, -0.2) is 39.8 Å². The Balaban J connectivity index is 1.39. The molecular formula is C26H28N6O3S3. The van der Waals surface area contributed by atoms with E-state index in [1.165, 1.54) is 47.0 Å². The molecular weight excluding hydrogens is 541 g/mol. The van der Waals surface area contributed by atoms with E-state index in [1.54, 1.807) is 23.6 Å². The second-order valence-corrected chi connectivity index (χ2v) is 12.9. The number of thioether (sulfide) groups is 1. The predicted octanol–water partition coefficient (Wildman–Crippen LogP) is 5.42. The molecule has 0 aliphatic heterocycles. The van der Waals surface area contributed by atoms with Gasteiger partial charge in [0.25, 0.3) is 10.0 Å². The van der Waals surface area contributed by atoms with Gasteiger partial charge >= 0.3 is 0 Å². The topological polar surface area (TPSA) is 119 Å². The molecule has 2 heterocycles. The van der Waals surface area contributed by atoms with Crippen molar-refractivity contribution in [1.82, 2.24) is 19.7 Å². The van der Waals surface area contributed by atoms with Crippen molar-refractivity contribution < 1.29 is 13.2 Å². The van der Waals surface area contributed by atoms with Crippen molar-refractivity contribution in [2.75, 3.05) is 15.8 Å². The van der Waals surface area contributed by atoms with Gasteiger partial charge < -0.3 is 5.32 Å². The third-order valence-electron chi connectivity index (χ3n) is 5.47. The molecule has 0 fully saturated rings. The molecule has 0 aliphatic rings. The van der Waals surface area contributed by atoms with Crippen LogP contribution in [0.2, 0.25) is 0 Å². The number of anilines is 2. The Morgan fingerprint density at radius 3 is 2.42 bits per heavy atom. The number of nitrogens with one attached hydrogen (secondary N) is 2. The largest absolute Gasteiger partial charge is 0.325 e. The molecule has 0 saturated heterocycles. The minimum atomic E-state index is -3.76. The quantitative estimate of drug-likeness (QED) is 0.194. The normalized spacial score (nSPS) is 11.8. The number of amides is 1. The van der Waals surface area contributed by atoms with E-state index in [9.17, 15) is 13.2 Å². The second kappa shape index (κ2) is 11.5. The van der Waals surface area contributed by atoms with Gasteiger partial charge in [0.15, 0.2) is 16.1 Å². The molecule has 38 heavy (non-hydrogen) atoms. The third-order valence-corrected chi connectivity index (χ3v) is 8.61.